The highest BCUT2D eigenvalue weighted by Crippen LogP contribution is 2.19. The fourth-order valence-corrected chi connectivity index (χ4v) is 3.01. The van der Waals surface area contributed by atoms with Gasteiger partial charge >= 0.3 is 0 Å². The Balaban J connectivity index is 1.72. The maximum absolute atomic E-state index is 4.77. The Bertz CT molecular complexity index is 634. The van der Waals surface area contributed by atoms with E-state index in [-0.39, 0.29) is 0 Å². The SMILES string of the molecule is CC(C)CN1C(Nc2ccccc2)=NC[C@@H]1Cc1ccccc1. The molecule has 1 N–H and O–H groups in total. The molecule has 0 bridgehead atoms. The van der Waals surface area contributed by atoms with Crippen LogP contribution in [0.3, 0.4) is 0 Å². The first-order chi connectivity index (χ1) is 11.2. The number of hydrogen-bond acceptors (Lipinski definition) is 3. The molecule has 3 nitrogen and oxygen atoms in total. The maximum atomic E-state index is 4.77. The molecule has 1 aliphatic heterocycles. The van der Waals surface area contributed by atoms with Gasteiger partial charge in [0, 0.05) is 12.2 Å². The summed E-state index contributed by atoms with van der Waals surface area (Å²) < 4.78 is 0. The number of hydrogen-bond donors (Lipinski definition) is 1. The van der Waals surface area contributed by atoms with Gasteiger partial charge in [-0.3, -0.25) is 4.99 Å². The molecule has 0 radical (unpaired) electrons. The fraction of sp³-hybridized carbons (Fsp3) is 0.350. The predicted octanol–water partition coefficient (Wildman–Crippen LogP) is 4.04. The third-order valence-corrected chi connectivity index (χ3v) is 4.07. The Morgan fingerprint density at radius 3 is 2.35 bits per heavy atom. The van der Waals surface area contributed by atoms with Gasteiger partial charge in [0.1, 0.15) is 0 Å². The van der Waals surface area contributed by atoms with Crippen molar-refractivity contribution in [1.82, 2.24) is 4.90 Å². The van der Waals surface area contributed by atoms with Crippen molar-refractivity contribution < 1.29 is 0 Å². The van der Waals surface area contributed by atoms with Crippen molar-refractivity contribution in [3.8, 4) is 0 Å². The second kappa shape index (κ2) is 7.32. The average Bonchev–Trinajstić information content (AvgIpc) is 2.91. The van der Waals surface area contributed by atoms with E-state index in [9.17, 15) is 0 Å². The summed E-state index contributed by atoms with van der Waals surface area (Å²) in [5, 5.41) is 3.49. The first-order valence-electron chi connectivity index (χ1n) is 8.39. The molecule has 2 aromatic rings. The largest absolute Gasteiger partial charge is 0.337 e. The van der Waals surface area contributed by atoms with Gasteiger partial charge < -0.3 is 10.2 Å². The average molecular weight is 307 g/mol. The van der Waals surface area contributed by atoms with E-state index >= 15 is 0 Å². The van der Waals surface area contributed by atoms with Crippen LogP contribution in [0.2, 0.25) is 0 Å². The van der Waals surface area contributed by atoms with Crippen molar-refractivity contribution in [3.05, 3.63) is 66.2 Å². The van der Waals surface area contributed by atoms with E-state index in [0.717, 1.165) is 31.2 Å². The molecule has 120 valence electrons. The first kappa shape index (κ1) is 15.6. The highest BCUT2D eigenvalue weighted by atomic mass is 15.4. The highest BCUT2D eigenvalue weighted by Gasteiger charge is 2.28. The summed E-state index contributed by atoms with van der Waals surface area (Å²) in [5.41, 5.74) is 2.47. The number of rotatable bonds is 5. The molecular formula is C20H25N3. The zero-order valence-corrected chi connectivity index (χ0v) is 13.9. The lowest BCUT2D eigenvalue weighted by atomic mass is 10.0. The second-order valence-corrected chi connectivity index (χ2v) is 6.55. The van der Waals surface area contributed by atoms with Gasteiger partial charge in [-0.2, -0.15) is 0 Å². The molecule has 0 unspecified atom stereocenters. The summed E-state index contributed by atoms with van der Waals surface area (Å²) in [7, 11) is 0. The van der Waals surface area contributed by atoms with E-state index in [1.807, 2.05) is 18.2 Å². The summed E-state index contributed by atoms with van der Waals surface area (Å²) in [6.45, 7) is 6.41. The summed E-state index contributed by atoms with van der Waals surface area (Å²) >= 11 is 0. The van der Waals surface area contributed by atoms with E-state index in [2.05, 4.69) is 66.5 Å². The zero-order chi connectivity index (χ0) is 16.1. The van der Waals surface area contributed by atoms with Crippen LogP contribution in [0.15, 0.2) is 65.7 Å². The van der Waals surface area contributed by atoms with Crippen LogP contribution in [-0.2, 0) is 6.42 Å². The zero-order valence-electron chi connectivity index (χ0n) is 13.9. The molecule has 3 heteroatoms. The van der Waals surface area contributed by atoms with Crippen LogP contribution in [0.1, 0.15) is 19.4 Å². The predicted molar refractivity (Wildman–Crippen MR) is 97.8 cm³/mol. The molecule has 0 spiro atoms. The molecule has 0 aliphatic carbocycles. The molecular weight excluding hydrogens is 282 g/mol. The summed E-state index contributed by atoms with van der Waals surface area (Å²) in [6, 6.07) is 21.4. The van der Waals surface area contributed by atoms with Crippen molar-refractivity contribution >= 4 is 11.6 Å². The molecule has 3 rings (SSSR count). The Morgan fingerprint density at radius 2 is 1.70 bits per heavy atom. The van der Waals surface area contributed by atoms with E-state index < -0.39 is 0 Å². The van der Waals surface area contributed by atoms with E-state index in [0.29, 0.717) is 12.0 Å². The monoisotopic (exact) mass is 307 g/mol. The summed E-state index contributed by atoms with van der Waals surface area (Å²) in [6.07, 6.45) is 1.04. The molecule has 2 aromatic carbocycles. The van der Waals surface area contributed by atoms with E-state index in [4.69, 9.17) is 4.99 Å². The highest BCUT2D eigenvalue weighted by molar-refractivity contribution is 5.95. The van der Waals surface area contributed by atoms with Gasteiger partial charge in [-0.25, -0.2) is 0 Å². The van der Waals surface area contributed by atoms with Crippen LogP contribution in [0, 0.1) is 5.92 Å². The molecule has 23 heavy (non-hydrogen) atoms. The van der Waals surface area contributed by atoms with Gasteiger partial charge in [-0.05, 0) is 30.0 Å². The molecule has 0 aromatic heterocycles. The Kier molecular flexibility index (Phi) is 4.96. The minimum absolute atomic E-state index is 0.436. The normalized spacial score (nSPS) is 17.4. The molecule has 0 amide bonds. The second-order valence-electron chi connectivity index (χ2n) is 6.55. The number of guanidine groups is 1. The van der Waals surface area contributed by atoms with Crippen LogP contribution in [0.5, 0.6) is 0 Å². The molecule has 0 saturated heterocycles. The third kappa shape index (κ3) is 4.13. The Morgan fingerprint density at radius 1 is 1.04 bits per heavy atom. The fourth-order valence-electron chi connectivity index (χ4n) is 3.01. The lowest BCUT2D eigenvalue weighted by molar-refractivity contribution is 0.304. The molecule has 1 atom stereocenters. The van der Waals surface area contributed by atoms with Crippen LogP contribution in [0.4, 0.5) is 5.69 Å². The lowest BCUT2D eigenvalue weighted by Gasteiger charge is -2.30. The van der Waals surface area contributed by atoms with Crippen LogP contribution < -0.4 is 5.32 Å². The number of nitrogens with one attached hydrogen (secondary N) is 1. The van der Waals surface area contributed by atoms with Crippen LogP contribution in [0.25, 0.3) is 0 Å². The van der Waals surface area contributed by atoms with Crippen LogP contribution >= 0.6 is 0 Å². The van der Waals surface area contributed by atoms with Gasteiger partial charge in [0.15, 0.2) is 5.96 Å². The number of benzene rings is 2. The maximum Gasteiger partial charge on any atom is 0.198 e. The molecule has 1 aliphatic rings. The van der Waals surface area contributed by atoms with Crippen molar-refractivity contribution in [2.45, 2.75) is 26.3 Å². The van der Waals surface area contributed by atoms with Crippen molar-refractivity contribution in [2.75, 3.05) is 18.4 Å². The Labute approximate surface area is 139 Å². The standard InChI is InChI=1S/C20H25N3/c1-16(2)15-23-19(13-17-9-5-3-6-10-17)14-21-20(23)22-18-11-7-4-8-12-18/h3-12,16,19H,13-15H2,1-2H3,(H,21,22)/t19-/m0/s1. The van der Waals surface area contributed by atoms with Gasteiger partial charge in [0.25, 0.3) is 0 Å². The minimum Gasteiger partial charge on any atom is -0.337 e. The number of nitrogens with zero attached hydrogens (tertiary/aromatic N) is 2. The smallest absolute Gasteiger partial charge is 0.198 e. The van der Waals surface area contributed by atoms with Gasteiger partial charge in [-0.1, -0.05) is 62.4 Å². The van der Waals surface area contributed by atoms with Crippen molar-refractivity contribution in [2.24, 2.45) is 10.9 Å². The number of anilines is 1. The van der Waals surface area contributed by atoms with Gasteiger partial charge in [0.05, 0.1) is 12.6 Å². The van der Waals surface area contributed by atoms with Crippen molar-refractivity contribution in [1.29, 1.82) is 0 Å². The van der Waals surface area contributed by atoms with Crippen molar-refractivity contribution in [3.63, 3.8) is 0 Å². The lowest BCUT2D eigenvalue weighted by Crippen LogP contribution is -2.43. The summed E-state index contributed by atoms with van der Waals surface area (Å²) in [4.78, 5) is 7.21. The first-order valence-corrected chi connectivity index (χ1v) is 8.39. The molecule has 1 heterocycles. The minimum atomic E-state index is 0.436. The summed E-state index contributed by atoms with van der Waals surface area (Å²) in [5.74, 6) is 1.61. The van der Waals surface area contributed by atoms with Crippen LogP contribution in [-0.4, -0.2) is 30.0 Å². The quantitative estimate of drug-likeness (QED) is 0.903. The molecule has 0 fully saturated rings. The van der Waals surface area contributed by atoms with Gasteiger partial charge in [-0.15, -0.1) is 0 Å². The third-order valence-electron chi connectivity index (χ3n) is 4.07. The molecule has 0 saturated carbocycles. The number of aliphatic imine (C=N–C) groups is 1. The van der Waals surface area contributed by atoms with Gasteiger partial charge in [0.2, 0.25) is 0 Å². The Hall–Kier alpha value is -2.29. The van der Waals surface area contributed by atoms with E-state index in [1.165, 1.54) is 5.56 Å². The number of para-hydroxylation sites is 1. The topological polar surface area (TPSA) is 27.6 Å². The van der Waals surface area contributed by atoms with E-state index in [1.54, 1.807) is 0 Å².